The second kappa shape index (κ2) is 29.2. The zero-order valence-electron chi connectivity index (χ0n) is 40.6. The van der Waals surface area contributed by atoms with Crippen molar-refractivity contribution in [2.75, 3.05) is 75.5 Å². The quantitative estimate of drug-likeness (QED) is 0.0680. The van der Waals surface area contributed by atoms with E-state index in [4.69, 9.17) is 4.74 Å². The number of anilines is 2. The predicted molar refractivity (Wildman–Crippen MR) is 254 cm³/mol. The van der Waals surface area contributed by atoms with Crippen LogP contribution < -0.4 is 35.8 Å². The number of ether oxygens (including phenoxy) is 1. The molecule has 12 N–H and O–H groups in total. The molecule has 2 aromatic carbocycles. The molecule has 68 heavy (non-hydrogen) atoms. The molecule has 21 heteroatoms. The van der Waals surface area contributed by atoms with E-state index in [0.29, 0.717) is 0 Å². The van der Waals surface area contributed by atoms with Crippen molar-refractivity contribution < 1.29 is 74.4 Å². The summed E-state index contributed by atoms with van der Waals surface area (Å²) in [4.78, 5) is 84.7. The molecule has 0 aromatic heterocycles. The Morgan fingerprint density at radius 3 is 1.25 bits per heavy atom. The Bertz CT molecular complexity index is 2040. The number of unbranched alkanes of at least 4 members (excludes halogenated alkanes) is 2. The van der Waals surface area contributed by atoms with Gasteiger partial charge in [-0.1, -0.05) is 33.1 Å². The summed E-state index contributed by atoms with van der Waals surface area (Å²) in [5.41, 5.74) is 0.548. The number of hydrogen-bond donors (Lipinski definition) is 12. The molecular weight excluding hydrogens is 889 g/mol. The maximum atomic E-state index is 14.0. The number of nitrogens with one attached hydrogen (secondary N) is 4. The number of hydrogen-bond acceptors (Lipinski definition) is 15. The number of fused-ring (bicyclic) bond motifs is 1. The number of aliphatic hydroxyl groups excluding tert-OH is 8. The van der Waals surface area contributed by atoms with Crippen molar-refractivity contribution in [2.24, 2.45) is 0 Å². The summed E-state index contributed by atoms with van der Waals surface area (Å²) in [5.74, 6) is -4.49. The van der Waals surface area contributed by atoms with Gasteiger partial charge in [-0.15, -0.1) is 12.8 Å². The van der Waals surface area contributed by atoms with Crippen molar-refractivity contribution >= 4 is 46.8 Å². The van der Waals surface area contributed by atoms with Crippen LogP contribution in [-0.4, -0.2) is 173 Å². The van der Waals surface area contributed by atoms with Gasteiger partial charge in [-0.2, -0.15) is 0 Å². The van der Waals surface area contributed by atoms with Crippen LogP contribution in [0.15, 0.2) is 0 Å². The summed E-state index contributed by atoms with van der Waals surface area (Å²) >= 11 is 0. The Kier molecular flexibility index (Phi) is 25.9. The van der Waals surface area contributed by atoms with E-state index in [2.05, 4.69) is 48.0 Å². The van der Waals surface area contributed by atoms with Gasteiger partial charge in [-0.25, -0.2) is 0 Å². The third kappa shape index (κ3) is 15.7. The number of nitrogens with zero attached hydrogens (tertiary/aromatic N) is 2. The Balaban J connectivity index is 0.00000309. The number of terminal acetylenes is 1. The van der Waals surface area contributed by atoms with Gasteiger partial charge in [-0.05, 0) is 62.4 Å². The Morgan fingerprint density at radius 2 is 0.941 bits per heavy atom. The van der Waals surface area contributed by atoms with Gasteiger partial charge in [0.25, 0.3) is 23.6 Å². The van der Waals surface area contributed by atoms with E-state index in [-0.39, 0.29) is 99.9 Å². The fraction of sp³-hybridized carbons (Fsp3) is 0.574. The number of amides is 6. The van der Waals surface area contributed by atoms with Crippen molar-refractivity contribution in [3.05, 3.63) is 50.1 Å². The third-order valence-electron chi connectivity index (χ3n) is 10.9. The van der Waals surface area contributed by atoms with E-state index in [0.717, 1.165) is 0 Å². The highest BCUT2D eigenvalue weighted by Gasteiger charge is 2.39. The van der Waals surface area contributed by atoms with E-state index >= 15 is 0 Å². The minimum absolute atomic E-state index is 0.0279. The second-order valence-corrected chi connectivity index (χ2v) is 16.2. The molecule has 0 saturated carbocycles. The number of carbonyl (C=O) groups excluding carboxylic acids is 6. The fourth-order valence-corrected chi connectivity index (χ4v) is 7.60. The molecule has 5 atom stereocenters. The molecule has 0 saturated heterocycles. The van der Waals surface area contributed by atoms with Gasteiger partial charge in [0.1, 0.15) is 6.10 Å². The van der Waals surface area contributed by atoms with E-state index < -0.39 is 98.9 Å². The normalized spacial score (nSPS) is 14.5. The van der Waals surface area contributed by atoms with Gasteiger partial charge in [0.05, 0.1) is 80.9 Å². The molecule has 1 aliphatic rings. The van der Waals surface area contributed by atoms with Crippen molar-refractivity contribution in [3.63, 3.8) is 0 Å². The lowest BCUT2D eigenvalue weighted by Crippen LogP contribution is -2.50. The molecule has 3 rings (SSSR count). The molecule has 380 valence electrons. The van der Waals surface area contributed by atoms with Gasteiger partial charge < -0.3 is 76.7 Å². The van der Waals surface area contributed by atoms with Crippen LogP contribution in [0.5, 0.6) is 5.75 Å². The molecule has 1 aliphatic heterocycles. The zero-order valence-corrected chi connectivity index (χ0v) is 40.6. The summed E-state index contributed by atoms with van der Waals surface area (Å²) in [6.07, 6.45) is 5.64. The highest BCUT2D eigenvalue weighted by Crippen LogP contribution is 2.44. The van der Waals surface area contributed by atoms with Crippen LogP contribution in [0.2, 0.25) is 0 Å². The first-order valence-electron chi connectivity index (χ1n) is 22.2. The van der Waals surface area contributed by atoms with Gasteiger partial charge in [0, 0.05) is 56.7 Å². The van der Waals surface area contributed by atoms with Crippen molar-refractivity contribution in [2.45, 2.75) is 112 Å². The average Bonchev–Trinajstić information content (AvgIpc) is 3.30. The first-order valence-corrected chi connectivity index (χ1v) is 22.2. The molecule has 0 bridgehead atoms. The number of benzene rings is 2. The lowest BCUT2D eigenvalue weighted by atomic mass is 9.89. The molecule has 5 unspecified atom stereocenters. The lowest BCUT2D eigenvalue weighted by Gasteiger charge is -2.40. The second-order valence-electron chi connectivity index (χ2n) is 16.2. The minimum atomic E-state index is -1.36. The molecule has 0 fully saturated rings. The number of rotatable bonds is 21. The summed E-state index contributed by atoms with van der Waals surface area (Å²) in [6.45, 7) is 9.58. The van der Waals surface area contributed by atoms with Crippen molar-refractivity contribution in [1.82, 2.24) is 21.3 Å². The zero-order chi connectivity index (χ0) is 52.2. The van der Waals surface area contributed by atoms with E-state index in [1.165, 1.54) is 77.5 Å². The Labute approximate surface area is 397 Å². The Hall–Kier alpha value is -5.70. The third-order valence-corrected chi connectivity index (χ3v) is 10.9. The van der Waals surface area contributed by atoms with E-state index in [9.17, 15) is 69.6 Å². The maximum absolute atomic E-state index is 14.0. The minimum Gasteiger partial charge on any atom is -0.484 e. The van der Waals surface area contributed by atoms with Crippen LogP contribution in [0.3, 0.4) is 0 Å². The van der Waals surface area contributed by atoms with Crippen molar-refractivity contribution in [3.8, 4) is 18.6 Å². The van der Waals surface area contributed by atoms with Crippen LogP contribution in [0.25, 0.3) is 0 Å². The van der Waals surface area contributed by atoms with Gasteiger partial charge in [-0.3, -0.25) is 28.8 Å². The molecule has 6 amide bonds. The van der Waals surface area contributed by atoms with Crippen LogP contribution in [0, 0.1) is 47.5 Å². The maximum Gasteiger partial charge on any atom is 0.255 e. The lowest BCUT2D eigenvalue weighted by molar-refractivity contribution is -0.117. The van der Waals surface area contributed by atoms with E-state index in [1.807, 2.05) is 0 Å². The molecule has 1 heterocycles. The molecule has 0 spiro atoms. The molecule has 0 radical (unpaired) electrons. The molecule has 0 aliphatic carbocycles. The summed E-state index contributed by atoms with van der Waals surface area (Å²) in [6, 6.07) is 0. The largest absolute Gasteiger partial charge is 0.484 e. The van der Waals surface area contributed by atoms with Crippen LogP contribution >= 0.6 is 0 Å². The van der Waals surface area contributed by atoms with Crippen LogP contribution in [0.1, 0.15) is 116 Å². The van der Waals surface area contributed by atoms with Crippen LogP contribution in [0.4, 0.5) is 11.4 Å². The monoisotopic (exact) mass is 961 g/mol. The summed E-state index contributed by atoms with van der Waals surface area (Å²) in [7, 11) is 0. The smallest absolute Gasteiger partial charge is 0.255 e. The van der Waals surface area contributed by atoms with E-state index in [1.54, 1.807) is 0 Å². The highest BCUT2D eigenvalue weighted by atomic mass is 16.5. The first kappa shape index (κ1) is 60.3. The van der Waals surface area contributed by atoms with Crippen molar-refractivity contribution in [1.29, 1.82) is 0 Å². The van der Waals surface area contributed by atoms with Gasteiger partial charge in [0.2, 0.25) is 11.8 Å². The molecule has 2 aromatic rings. The SMILES string of the molecule is C#C.CC(=O)N(CC1CN(C(C)=O)c2c(C)c(C(=O)NCC(O)CO)c(C)c(C(=O)NCC(O)CO)c2O1)c1c(C)c(C(=O)NCC(O)CO)c(C)c(C(=O)NCC(O)CO)c1C.CCCCC. The highest BCUT2D eigenvalue weighted by molar-refractivity contribution is 6.10. The average molecular weight is 961 g/mol. The molecular formula is C47H72N6O15. The van der Waals surface area contributed by atoms with Gasteiger partial charge >= 0.3 is 0 Å². The number of carbonyl (C=O) groups is 6. The summed E-state index contributed by atoms with van der Waals surface area (Å²) < 4.78 is 6.50. The fourth-order valence-electron chi connectivity index (χ4n) is 7.60. The van der Waals surface area contributed by atoms with Gasteiger partial charge in [0.15, 0.2) is 5.75 Å². The Morgan fingerprint density at radius 1 is 0.603 bits per heavy atom. The summed E-state index contributed by atoms with van der Waals surface area (Å²) in [5, 5.41) is 87.2. The standard InChI is InChI=1S/C40H58N6O15.C5H12.C2H2/c1-18-30(37(57)41-8-25(53)14-47)20(3)34(21(4)31(18)38(58)42-9-26(54)15-48)45(23(6)51)12-29-13-46(24(7)52)35-22(5)32(39(59)43-10-27(55)16-49)19(2)33(36(35)61-29)40(60)44-11-28(56)17-50;1-3-5-4-2;1-2/h25-29,47-50,53-56H,8-17H2,1-7H3,(H,41,57)(H,42,58)(H,43,59)(H,44,60);3-5H2,1-2H3;1-2H. The van der Waals surface area contributed by atoms with Crippen LogP contribution in [-0.2, 0) is 9.59 Å². The number of aliphatic hydroxyl groups is 8. The molecule has 21 nitrogen and oxygen atoms in total. The topological polar surface area (TPSA) is 328 Å². The first-order chi connectivity index (χ1) is 32.1. The predicted octanol–water partition coefficient (Wildman–Crippen LogP) is -0.826.